The van der Waals surface area contributed by atoms with Gasteiger partial charge >= 0.3 is 51.4 Å². The van der Waals surface area contributed by atoms with E-state index in [2.05, 4.69) is 37.0 Å². The Morgan fingerprint density at radius 3 is 1.77 bits per heavy atom. The molecule has 0 unspecified atom stereocenters. The monoisotopic (exact) mass is 340 g/mol. The Morgan fingerprint density at radius 2 is 1.45 bits per heavy atom. The fourth-order valence-corrected chi connectivity index (χ4v) is 2.75. The molecule has 0 amide bonds. The topological polar surface area (TPSA) is 32.7 Å². The minimum atomic E-state index is -0.0179. The molecule has 1 N–H and O–H groups in total. The first-order chi connectivity index (χ1) is 10.0. The quantitative estimate of drug-likeness (QED) is 0.608. The van der Waals surface area contributed by atoms with Gasteiger partial charge in [0, 0.05) is 5.54 Å². The third kappa shape index (κ3) is 10.4. The fourth-order valence-electron chi connectivity index (χ4n) is 2.75. The molecule has 2 rings (SSSR count). The van der Waals surface area contributed by atoms with Gasteiger partial charge in [-0.2, -0.15) is 12.8 Å². The van der Waals surface area contributed by atoms with Gasteiger partial charge in [-0.1, -0.05) is 27.7 Å². The van der Waals surface area contributed by atoms with Crippen LogP contribution in [0.3, 0.4) is 0 Å². The third-order valence-corrected chi connectivity index (χ3v) is 4.13. The zero-order chi connectivity index (χ0) is 16.9. The van der Waals surface area contributed by atoms with Crippen molar-refractivity contribution in [3.8, 4) is 0 Å². The molecule has 0 spiro atoms. The Kier molecular flexibility index (Phi) is 22.3. The van der Waals surface area contributed by atoms with E-state index in [1.165, 1.54) is 33.0 Å². The van der Waals surface area contributed by atoms with E-state index >= 15 is 0 Å². The summed E-state index contributed by atoms with van der Waals surface area (Å²) in [7, 11) is 4.50. The van der Waals surface area contributed by atoms with Gasteiger partial charge in [0.05, 0.1) is 6.10 Å². The maximum atomic E-state index is 9.36. The molecule has 3 nitrogen and oxygen atoms in total. The van der Waals surface area contributed by atoms with Crippen LogP contribution in [0.25, 0.3) is 0 Å². The molecular weight excluding hydrogens is 301 g/mol. The molecule has 0 bridgehead atoms. The number of methoxy groups -OCH3 is 1. The van der Waals surface area contributed by atoms with Crippen molar-refractivity contribution in [3.63, 3.8) is 0 Å². The maximum Gasteiger partial charge on any atom is 1.00 e. The molecule has 1 saturated heterocycles. The summed E-state index contributed by atoms with van der Waals surface area (Å²) in [5.41, 5.74) is 0.299. The summed E-state index contributed by atoms with van der Waals surface area (Å²) in [5, 5.41) is 9.36. The Morgan fingerprint density at radius 1 is 1.09 bits per heavy atom. The molecule has 0 radical (unpaired) electrons. The Bertz CT molecular complexity index is 213. The number of piperidine rings is 1. The Hall–Kier alpha value is 1.52. The number of nitrogens with zero attached hydrogens (tertiary/aromatic N) is 1. The summed E-state index contributed by atoms with van der Waals surface area (Å²) in [4.78, 5) is 2.60. The van der Waals surface area contributed by atoms with Gasteiger partial charge in [-0.3, -0.25) is 0 Å². The first kappa shape index (κ1) is 28.3. The Balaban J connectivity index is -0.000000395. The average Bonchev–Trinajstić information content (AvgIpc) is 2.50. The van der Waals surface area contributed by atoms with E-state index in [1.54, 1.807) is 0 Å². The largest absolute Gasteiger partial charge is 1.00 e. The molecule has 0 atom stereocenters. The van der Waals surface area contributed by atoms with Crippen molar-refractivity contribution in [3.05, 3.63) is 13.5 Å². The number of aliphatic hydroxyl groups is 1. The van der Waals surface area contributed by atoms with Crippen molar-refractivity contribution in [2.75, 3.05) is 20.2 Å². The van der Waals surface area contributed by atoms with Crippen molar-refractivity contribution in [1.82, 2.24) is 4.90 Å². The van der Waals surface area contributed by atoms with E-state index in [4.69, 9.17) is 0 Å². The van der Waals surface area contributed by atoms with Crippen LogP contribution in [0.5, 0.6) is 0 Å². The molecule has 0 aromatic rings. The Labute approximate surface area is 183 Å². The van der Waals surface area contributed by atoms with E-state index in [0.29, 0.717) is 11.5 Å². The summed E-state index contributed by atoms with van der Waals surface area (Å²) in [6.45, 7) is 15.1. The SMILES string of the molecule is CC.CC.CC(C)(C1CC(O)C1)N1CC[CH-]CC1.[CH2-]OC.[K+]. The van der Waals surface area contributed by atoms with Gasteiger partial charge in [0.15, 0.2) is 0 Å². The normalized spacial score (nSPS) is 23.9. The molecule has 0 aromatic carbocycles. The van der Waals surface area contributed by atoms with Crippen molar-refractivity contribution in [2.45, 2.75) is 78.9 Å². The van der Waals surface area contributed by atoms with Crippen molar-refractivity contribution >= 4 is 0 Å². The first-order valence-corrected chi connectivity index (χ1v) is 8.55. The predicted octanol–water partition coefficient (Wildman–Crippen LogP) is 1.32. The molecular formula is C18H39KNO2-. The van der Waals surface area contributed by atoms with Crippen LogP contribution in [0, 0.1) is 19.4 Å². The van der Waals surface area contributed by atoms with Crippen molar-refractivity contribution in [1.29, 1.82) is 0 Å². The fraction of sp³-hybridized carbons (Fsp3) is 0.889. The second-order valence-electron chi connectivity index (χ2n) is 5.62. The molecule has 2 aliphatic rings. The van der Waals surface area contributed by atoms with E-state index in [1.807, 2.05) is 27.7 Å². The maximum absolute atomic E-state index is 9.36. The van der Waals surface area contributed by atoms with Gasteiger partial charge < -0.3 is 21.2 Å². The molecule has 130 valence electrons. The molecule has 22 heavy (non-hydrogen) atoms. The van der Waals surface area contributed by atoms with Gasteiger partial charge in [0.2, 0.25) is 0 Å². The molecule has 1 aliphatic carbocycles. The molecule has 1 heterocycles. The molecule has 2 fully saturated rings. The minimum Gasteiger partial charge on any atom is -0.557 e. The molecule has 0 aromatic heterocycles. The minimum absolute atomic E-state index is 0. The van der Waals surface area contributed by atoms with E-state index < -0.39 is 0 Å². The zero-order valence-corrected chi connectivity index (χ0v) is 19.6. The van der Waals surface area contributed by atoms with E-state index in [0.717, 1.165) is 12.8 Å². The van der Waals surface area contributed by atoms with Gasteiger partial charge in [-0.15, -0.1) is 0 Å². The van der Waals surface area contributed by atoms with Gasteiger partial charge in [-0.05, 0) is 52.8 Å². The summed E-state index contributed by atoms with van der Waals surface area (Å²) in [6, 6.07) is 0. The number of hydrogen-bond donors (Lipinski definition) is 1. The second-order valence-corrected chi connectivity index (χ2v) is 5.62. The van der Waals surface area contributed by atoms with Crippen LogP contribution < -0.4 is 51.4 Å². The van der Waals surface area contributed by atoms with E-state index in [9.17, 15) is 5.11 Å². The van der Waals surface area contributed by atoms with Crippen LogP contribution in [0.2, 0.25) is 0 Å². The number of ether oxygens (including phenoxy) is 1. The average molecular weight is 341 g/mol. The van der Waals surface area contributed by atoms with Crippen LogP contribution in [-0.2, 0) is 4.74 Å². The van der Waals surface area contributed by atoms with Crippen molar-refractivity contribution in [2.24, 2.45) is 5.92 Å². The summed E-state index contributed by atoms with van der Waals surface area (Å²) in [5.74, 6) is 0.704. The molecule has 4 heteroatoms. The van der Waals surface area contributed by atoms with Crippen molar-refractivity contribution < 1.29 is 61.2 Å². The van der Waals surface area contributed by atoms with Crippen LogP contribution in [-0.4, -0.2) is 41.8 Å². The summed E-state index contributed by atoms with van der Waals surface area (Å²) < 4.78 is 4.00. The van der Waals surface area contributed by atoms with Crippen LogP contribution in [0.4, 0.5) is 0 Å². The van der Waals surface area contributed by atoms with Crippen LogP contribution in [0.1, 0.15) is 67.2 Å². The van der Waals surface area contributed by atoms with Gasteiger partial charge in [0.1, 0.15) is 0 Å². The number of aliphatic hydroxyl groups excluding tert-OH is 1. The number of likely N-dealkylation sites (tertiary alicyclic amines) is 1. The summed E-state index contributed by atoms with van der Waals surface area (Å²) >= 11 is 0. The second kappa shape index (κ2) is 17.3. The standard InChI is InChI=1S/C12H22NO.C2H5O.2C2H6.K/c1-12(2,10-8-11(14)9-10)13-6-4-3-5-7-13;1-3-2;2*1-2;/h3,10-11,14H,4-9H2,1-2H3;1H2,2H3;2*1-2H3;/q2*-1;;;+1. The smallest absolute Gasteiger partial charge is 0.557 e. The number of rotatable bonds is 2. The van der Waals surface area contributed by atoms with Crippen LogP contribution >= 0.6 is 0 Å². The predicted molar refractivity (Wildman–Crippen MR) is 93.0 cm³/mol. The third-order valence-electron chi connectivity index (χ3n) is 4.13. The first-order valence-electron chi connectivity index (χ1n) is 8.55. The van der Waals surface area contributed by atoms with Gasteiger partial charge in [-0.25, -0.2) is 7.11 Å². The molecule has 1 aliphatic heterocycles. The van der Waals surface area contributed by atoms with Crippen LogP contribution in [0.15, 0.2) is 0 Å². The molecule has 1 saturated carbocycles. The van der Waals surface area contributed by atoms with Gasteiger partial charge in [0.25, 0.3) is 0 Å². The number of hydrogen-bond acceptors (Lipinski definition) is 3. The summed E-state index contributed by atoms with van der Waals surface area (Å²) in [6.07, 6.45) is 6.86. The van der Waals surface area contributed by atoms with E-state index in [-0.39, 0.29) is 57.5 Å². The zero-order valence-electron chi connectivity index (χ0n) is 16.5.